The van der Waals surface area contributed by atoms with Crippen molar-refractivity contribution in [1.82, 2.24) is 4.98 Å². The fourth-order valence-corrected chi connectivity index (χ4v) is 4.49. The fourth-order valence-electron chi connectivity index (χ4n) is 4.37. The highest BCUT2D eigenvalue weighted by molar-refractivity contribution is 6.30. The summed E-state index contributed by atoms with van der Waals surface area (Å²) >= 11 is 5.93. The maximum atomic E-state index is 13.7. The summed E-state index contributed by atoms with van der Waals surface area (Å²) in [5, 5.41) is 1.57. The van der Waals surface area contributed by atoms with E-state index in [2.05, 4.69) is 4.98 Å². The van der Waals surface area contributed by atoms with Crippen molar-refractivity contribution in [1.29, 1.82) is 0 Å². The van der Waals surface area contributed by atoms with Gasteiger partial charge in [-0.3, -0.25) is 9.78 Å². The van der Waals surface area contributed by atoms with Gasteiger partial charge in [0.2, 0.25) is 5.91 Å². The molecule has 29 heavy (non-hydrogen) atoms. The van der Waals surface area contributed by atoms with E-state index in [1.165, 1.54) is 11.6 Å². The Morgan fingerprint density at radius 2 is 1.83 bits per heavy atom. The molecule has 0 unspecified atom stereocenters. The van der Waals surface area contributed by atoms with Crippen LogP contribution in [-0.4, -0.2) is 17.9 Å². The fraction of sp³-hybridized carbons (Fsp3) is 0.333. The van der Waals surface area contributed by atoms with Crippen molar-refractivity contribution in [3.05, 3.63) is 71.1 Å². The smallest absolute Gasteiger partial charge is 0.226 e. The van der Waals surface area contributed by atoms with Crippen LogP contribution in [0.2, 0.25) is 5.02 Å². The third-order valence-electron chi connectivity index (χ3n) is 6.08. The molecule has 1 aromatic heterocycles. The summed E-state index contributed by atoms with van der Waals surface area (Å²) in [6.45, 7) is 0. The van der Waals surface area contributed by atoms with Gasteiger partial charge in [-0.05, 0) is 91.6 Å². The summed E-state index contributed by atoms with van der Waals surface area (Å²) in [5.74, 6) is 0.685. The van der Waals surface area contributed by atoms with Gasteiger partial charge in [0, 0.05) is 35.8 Å². The molecule has 1 heterocycles. The van der Waals surface area contributed by atoms with Crippen LogP contribution >= 0.6 is 11.6 Å². The molecule has 0 saturated heterocycles. The first-order chi connectivity index (χ1) is 14.0. The lowest BCUT2D eigenvalue weighted by Gasteiger charge is -2.30. The lowest BCUT2D eigenvalue weighted by atomic mass is 9.76. The summed E-state index contributed by atoms with van der Waals surface area (Å²) in [7, 11) is 1.81. The normalized spacial score (nSPS) is 19.3. The van der Waals surface area contributed by atoms with Gasteiger partial charge in [-0.1, -0.05) is 11.6 Å². The number of halogens is 2. The minimum atomic E-state index is -0.226. The van der Waals surface area contributed by atoms with Gasteiger partial charge in [-0.15, -0.1) is 0 Å². The molecule has 0 bridgehead atoms. The van der Waals surface area contributed by atoms with E-state index in [4.69, 9.17) is 11.6 Å². The topological polar surface area (TPSA) is 33.2 Å². The summed E-state index contributed by atoms with van der Waals surface area (Å²) in [6, 6.07) is 14.1. The van der Waals surface area contributed by atoms with Gasteiger partial charge < -0.3 is 4.90 Å². The number of hydrogen-bond acceptors (Lipinski definition) is 2. The van der Waals surface area contributed by atoms with E-state index in [1.807, 2.05) is 31.4 Å². The maximum absolute atomic E-state index is 13.7. The third kappa shape index (κ3) is 4.43. The van der Waals surface area contributed by atoms with E-state index in [0.29, 0.717) is 23.3 Å². The molecule has 3 nitrogen and oxygen atoms in total. The Balaban J connectivity index is 1.39. The van der Waals surface area contributed by atoms with E-state index in [9.17, 15) is 9.18 Å². The Hall–Kier alpha value is -2.46. The largest absolute Gasteiger partial charge is 0.315 e. The van der Waals surface area contributed by atoms with Crippen LogP contribution in [0.5, 0.6) is 0 Å². The van der Waals surface area contributed by atoms with Crippen LogP contribution in [0, 0.1) is 11.7 Å². The predicted octanol–water partition coefficient (Wildman–Crippen LogP) is 6.35. The van der Waals surface area contributed by atoms with Gasteiger partial charge in [-0.25, -0.2) is 4.39 Å². The molecule has 0 atom stereocenters. The quantitative estimate of drug-likeness (QED) is 0.501. The van der Waals surface area contributed by atoms with Crippen molar-refractivity contribution < 1.29 is 9.18 Å². The Kier molecular flexibility index (Phi) is 5.81. The molecule has 1 fully saturated rings. The monoisotopic (exact) mass is 410 g/mol. The summed E-state index contributed by atoms with van der Waals surface area (Å²) in [4.78, 5) is 18.8. The number of pyridine rings is 1. The Labute approximate surface area is 175 Å². The second kappa shape index (κ2) is 8.50. The molecule has 0 N–H and O–H groups in total. The number of carbonyl (C=O) groups excluding carboxylic acids is 1. The molecular formula is C24H24ClFN2O. The Morgan fingerprint density at radius 1 is 1.10 bits per heavy atom. The van der Waals surface area contributed by atoms with Crippen LogP contribution in [0.4, 0.5) is 10.1 Å². The standard InChI is InChI=1S/C24H24ClFN2O/c1-28(20-9-6-18(25)7-10-20)24(29)14-16-2-4-17(5-3-16)21-12-13-27-23-11-8-19(26)15-22(21)23/h6-13,15-17H,2-5,14H2,1H3/t16-,17-. The molecular weight excluding hydrogens is 387 g/mol. The number of rotatable bonds is 4. The van der Waals surface area contributed by atoms with Crippen molar-refractivity contribution in [2.24, 2.45) is 5.92 Å². The van der Waals surface area contributed by atoms with E-state index in [-0.39, 0.29) is 11.7 Å². The van der Waals surface area contributed by atoms with E-state index in [0.717, 1.165) is 42.3 Å². The number of fused-ring (bicyclic) bond motifs is 1. The Morgan fingerprint density at radius 3 is 2.55 bits per heavy atom. The minimum Gasteiger partial charge on any atom is -0.315 e. The van der Waals surface area contributed by atoms with Crippen molar-refractivity contribution in [3.8, 4) is 0 Å². The molecule has 2 aromatic carbocycles. The highest BCUT2D eigenvalue weighted by Crippen LogP contribution is 2.39. The summed E-state index contributed by atoms with van der Waals surface area (Å²) in [6.07, 6.45) is 6.40. The van der Waals surface area contributed by atoms with Crippen molar-refractivity contribution >= 4 is 34.1 Å². The molecule has 1 amide bonds. The van der Waals surface area contributed by atoms with Gasteiger partial charge in [-0.2, -0.15) is 0 Å². The average Bonchev–Trinajstić information content (AvgIpc) is 2.74. The molecule has 0 spiro atoms. The highest BCUT2D eigenvalue weighted by atomic mass is 35.5. The first-order valence-electron chi connectivity index (χ1n) is 10.1. The van der Waals surface area contributed by atoms with E-state index in [1.54, 1.807) is 29.2 Å². The molecule has 0 radical (unpaired) electrons. The van der Waals surface area contributed by atoms with Crippen LogP contribution in [-0.2, 0) is 4.79 Å². The SMILES string of the molecule is CN(C(=O)C[C@H]1CC[C@H](c2ccnc3ccc(F)cc32)CC1)c1ccc(Cl)cc1. The van der Waals surface area contributed by atoms with Gasteiger partial charge in [0.05, 0.1) is 5.52 Å². The van der Waals surface area contributed by atoms with Crippen LogP contribution in [0.25, 0.3) is 10.9 Å². The maximum Gasteiger partial charge on any atom is 0.226 e. The van der Waals surface area contributed by atoms with Crippen molar-refractivity contribution in [2.75, 3.05) is 11.9 Å². The zero-order chi connectivity index (χ0) is 20.4. The van der Waals surface area contributed by atoms with Crippen molar-refractivity contribution in [2.45, 2.75) is 38.0 Å². The van der Waals surface area contributed by atoms with Gasteiger partial charge in [0.25, 0.3) is 0 Å². The Bertz CT molecular complexity index is 1010. The molecule has 4 rings (SSSR count). The predicted molar refractivity (Wildman–Crippen MR) is 116 cm³/mol. The number of amides is 1. The van der Waals surface area contributed by atoms with Crippen LogP contribution in [0.15, 0.2) is 54.7 Å². The van der Waals surface area contributed by atoms with Crippen molar-refractivity contribution in [3.63, 3.8) is 0 Å². The number of benzene rings is 2. The van der Waals surface area contributed by atoms with Crippen LogP contribution in [0.3, 0.4) is 0 Å². The number of anilines is 1. The average molecular weight is 411 g/mol. The molecule has 3 aromatic rings. The highest BCUT2D eigenvalue weighted by Gasteiger charge is 2.26. The second-order valence-electron chi connectivity index (χ2n) is 7.91. The zero-order valence-corrected chi connectivity index (χ0v) is 17.2. The minimum absolute atomic E-state index is 0.132. The van der Waals surface area contributed by atoms with E-state index < -0.39 is 0 Å². The van der Waals surface area contributed by atoms with E-state index >= 15 is 0 Å². The second-order valence-corrected chi connectivity index (χ2v) is 8.35. The van der Waals surface area contributed by atoms with Crippen LogP contribution in [0.1, 0.15) is 43.6 Å². The first kappa shape index (κ1) is 19.8. The molecule has 0 aliphatic heterocycles. The molecule has 150 valence electrons. The summed E-state index contributed by atoms with van der Waals surface area (Å²) < 4.78 is 13.7. The summed E-state index contributed by atoms with van der Waals surface area (Å²) in [5.41, 5.74) is 2.88. The van der Waals surface area contributed by atoms with Gasteiger partial charge >= 0.3 is 0 Å². The first-order valence-corrected chi connectivity index (χ1v) is 10.5. The molecule has 1 aliphatic rings. The van der Waals surface area contributed by atoms with Gasteiger partial charge in [0.1, 0.15) is 5.82 Å². The molecule has 5 heteroatoms. The van der Waals surface area contributed by atoms with Gasteiger partial charge in [0.15, 0.2) is 0 Å². The lowest BCUT2D eigenvalue weighted by molar-refractivity contribution is -0.119. The number of nitrogens with zero attached hydrogens (tertiary/aromatic N) is 2. The zero-order valence-electron chi connectivity index (χ0n) is 16.4. The third-order valence-corrected chi connectivity index (χ3v) is 6.33. The number of carbonyl (C=O) groups is 1. The molecule has 1 saturated carbocycles. The molecule has 1 aliphatic carbocycles. The lowest BCUT2D eigenvalue weighted by Crippen LogP contribution is -2.29. The number of hydrogen-bond donors (Lipinski definition) is 0. The number of aromatic nitrogens is 1. The van der Waals surface area contributed by atoms with Crippen LogP contribution < -0.4 is 4.90 Å².